The number of hydrogen-bond donors (Lipinski definition) is 0. The van der Waals surface area contributed by atoms with E-state index >= 15 is 0 Å². The summed E-state index contributed by atoms with van der Waals surface area (Å²) in [6.45, 7) is 9.58. The summed E-state index contributed by atoms with van der Waals surface area (Å²) in [5, 5.41) is 4.87. The monoisotopic (exact) mass is 693 g/mol. The minimum absolute atomic E-state index is 0.0910. The second kappa shape index (κ2) is 11.1. The molecule has 54 heavy (non-hydrogen) atoms. The predicted molar refractivity (Wildman–Crippen MR) is 226 cm³/mol. The van der Waals surface area contributed by atoms with E-state index in [0.29, 0.717) is 0 Å². The Bertz CT molecular complexity index is 2980. The Balaban J connectivity index is 1.10. The van der Waals surface area contributed by atoms with Crippen LogP contribution < -0.4 is 4.90 Å². The van der Waals surface area contributed by atoms with Gasteiger partial charge in [0.25, 0.3) is 0 Å². The van der Waals surface area contributed by atoms with Gasteiger partial charge in [-0.25, -0.2) is 0 Å². The zero-order chi connectivity index (χ0) is 36.3. The maximum absolute atomic E-state index is 6.96. The van der Waals surface area contributed by atoms with Gasteiger partial charge < -0.3 is 9.32 Å². The molecule has 0 saturated carbocycles. The summed E-state index contributed by atoms with van der Waals surface area (Å²) < 4.78 is 6.96. The van der Waals surface area contributed by atoms with Crippen molar-refractivity contribution in [3.63, 3.8) is 0 Å². The fraction of sp³-hybridized carbons (Fsp3) is 0.115. The van der Waals surface area contributed by atoms with E-state index in [2.05, 4.69) is 196 Å². The molecule has 9 aromatic rings. The topological polar surface area (TPSA) is 16.4 Å². The molecule has 0 aliphatic heterocycles. The molecule has 2 aliphatic rings. The first-order valence-corrected chi connectivity index (χ1v) is 19.0. The van der Waals surface area contributed by atoms with Gasteiger partial charge in [0.1, 0.15) is 5.58 Å². The third-order valence-corrected chi connectivity index (χ3v) is 12.4. The van der Waals surface area contributed by atoms with Crippen LogP contribution in [-0.4, -0.2) is 0 Å². The molecule has 0 fully saturated rings. The van der Waals surface area contributed by atoms with Crippen LogP contribution in [0.15, 0.2) is 168 Å². The summed E-state index contributed by atoms with van der Waals surface area (Å²) >= 11 is 0. The van der Waals surface area contributed by atoms with Crippen LogP contribution in [-0.2, 0) is 10.8 Å². The van der Waals surface area contributed by atoms with Gasteiger partial charge in [-0.15, -0.1) is 0 Å². The number of para-hydroxylation sites is 3. The van der Waals surface area contributed by atoms with Crippen molar-refractivity contribution in [3.05, 3.63) is 186 Å². The zero-order valence-electron chi connectivity index (χ0n) is 30.9. The van der Waals surface area contributed by atoms with Gasteiger partial charge in [-0.2, -0.15) is 0 Å². The molecule has 0 bridgehead atoms. The van der Waals surface area contributed by atoms with E-state index < -0.39 is 0 Å². The van der Waals surface area contributed by atoms with Crippen molar-refractivity contribution >= 4 is 49.8 Å². The highest BCUT2D eigenvalue weighted by Crippen LogP contribution is 2.58. The molecule has 0 atom stereocenters. The molecule has 2 heteroatoms. The Morgan fingerprint density at radius 3 is 1.85 bits per heavy atom. The van der Waals surface area contributed by atoms with Gasteiger partial charge in [-0.3, -0.25) is 0 Å². The minimum Gasteiger partial charge on any atom is -0.453 e. The maximum atomic E-state index is 6.96. The Labute approximate surface area is 315 Å². The molecule has 0 unspecified atom stereocenters. The predicted octanol–water partition coefficient (Wildman–Crippen LogP) is 14.5. The lowest BCUT2D eigenvalue weighted by Crippen LogP contribution is -2.17. The second-order valence-corrected chi connectivity index (χ2v) is 16.1. The van der Waals surface area contributed by atoms with Crippen molar-refractivity contribution in [1.29, 1.82) is 0 Å². The first-order valence-electron chi connectivity index (χ1n) is 19.0. The van der Waals surface area contributed by atoms with Crippen molar-refractivity contribution in [2.45, 2.75) is 38.5 Å². The van der Waals surface area contributed by atoms with E-state index in [4.69, 9.17) is 4.42 Å². The highest BCUT2D eigenvalue weighted by Gasteiger charge is 2.42. The van der Waals surface area contributed by atoms with Crippen molar-refractivity contribution in [3.8, 4) is 33.4 Å². The van der Waals surface area contributed by atoms with Gasteiger partial charge in [0, 0.05) is 38.5 Å². The molecular formula is C52H39NO. The van der Waals surface area contributed by atoms with Crippen LogP contribution in [0.2, 0.25) is 0 Å². The quantitative estimate of drug-likeness (QED) is 0.182. The molecule has 2 aliphatic carbocycles. The minimum atomic E-state index is -0.203. The maximum Gasteiger partial charge on any atom is 0.159 e. The van der Waals surface area contributed by atoms with E-state index in [-0.39, 0.29) is 10.8 Å². The second-order valence-electron chi connectivity index (χ2n) is 16.1. The Kier molecular flexibility index (Phi) is 6.39. The van der Waals surface area contributed by atoms with Crippen LogP contribution in [0.1, 0.15) is 49.9 Å². The summed E-state index contributed by atoms with van der Waals surface area (Å²) in [4.78, 5) is 2.37. The first-order chi connectivity index (χ1) is 26.3. The molecule has 0 saturated heterocycles. The molecule has 1 aromatic heterocycles. The van der Waals surface area contributed by atoms with Crippen LogP contribution in [0.25, 0.3) is 66.1 Å². The van der Waals surface area contributed by atoms with Gasteiger partial charge in [0.05, 0.1) is 5.69 Å². The first kappa shape index (κ1) is 31.2. The molecular weight excluding hydrogens is 655 g/mol. The van der Waals surface area contributed by atoms with Crippen molar-refractivity contribution in [2.24, 2.45) is 0 Å². The van der Waals surface area contributed by atoms with Crippen LogP contribution in [0.4, 0.5) is 17.1 Å². The molecule has 0 radical (unpaired) electrons. The Morgan fingerprint density at radius 1 is 0.407 bits per heavy atom. The van der Waals surface area contributed by atoms with Gasteiger partial charge in [-0.1, -0.05) is 149 Å². The molecule has 1 heterocycles. The SMILES string of the molecule is CC1(C)c2cc(N(c3ccccc3)c3cccc4c3oc3c(-c5ccccc5)cccc34)ccc2-c2cc3c(cc21)-c1c(ccc2ccccc12)C3(C)C. The summed E-state index contributed by atoms with van der Waals surface area (Å²) in [6.07, 6.45) is 0. The van der Waals surface area contributed by atoms with E-state index in [9.17, 15) is 0 Å². The number of fused-ring (bicyclic) bond motifs is 11. The number of anilines is 3. The lowest BCUT2D eigenvalue weighted by molar-refractivity contribution is 0.652. The average molecular weight is 694 g/mol. The largest absolute Gasteiger partial charge is 0.453 e. The van der Waals surface area contributed by atoms with Crippen LogP contribution in [0.3, 0.4) is 0 Å². The number of hydrogen-bond acceptors (Lipinski definition) is 2. The molecule has 0 spiro atoms. The van der Waals surface area contributed by atoms with E-state index in [1.165, 1.54) is 55.3 Å². The fourth-order valence-corrected chi connectivity index (χ4v) is 9.69. The molecule has 11 rings (SSSR count). The summed E-state index contributed by atoms with van der Waals surface area (Å²) in [5.41, 5.74) is 18.0. The lowest BCUT2D eigenvalue weighted by Gasteiger charge is -2.28. The molecule has 0 N–H and O–H groups in total. The van der Waals surface area contributed by atoms with Crippen molar-refractivity contribution < 1.29 is 4.42 Å². The fourth-order valence-electron chi connectivity index (χ4n) is 9.69. The number of furan rings is 1. The standard InChI is InChI=1S/C52H39NO/c1-51(2)43-28-25-33-17-11-12-20-36(33)48(43)42-31-45-41(30-46(42)51)38-27-26-35(29-44(38)52(45,3)4)53(34-18-9-6-10-19-34)47-24-14-23-40-39-22-13-21-37(49(39)54-50(40)47)32-15-7-5-8-16-32/h5-31H,1-4H3. The summed E-state index contributed by atoms with van der Waals surface area (Å²) in [5.74, 6) is 0. The molecule has 2 nitrogen and oxygen atoms in total. The Hall–Kier alpha value is -6.38. The third-order valence-electron chi connectivity index (χ3n) is 12.4. The number of benzene rings is 8. The third kappa shape index (κ3) is 4.23. The molecule has 258 valence electrons. The summed E-state index contributed by atoms with van der Waals surface area (Å²) in [6, 6.07) is 59.9. The molecule has 8 aromatic carbocycles. The van der Waals surface area contributed by atoms with E-state index in [0.717, 1.165) is 50.1 Å². The van der Waals surface area contributed by atoms with Gasteiger partial charge in [0.15, 0.2) is 5.58 Å². The van der Waals surface area contributed by atoms with E-state index in [1.54, 1.807) is 0 Å². The average Bonchev–Trinajstić information content (AvgIpc) is 3.78. The van der Waals surface area contributed by atoms with Gasteiger partial charge in [-0.05, 0) is 103 Å². The summed E-state index contributed by atoms with van der Waals surface area (Å²) in [7, 11) is 0. The van der Waals surface area contributed by atoms with Crippen LogP contribution in [0, 0.1) is 0 Å². The zero-order valence-corrected chi connectivity index (χ0v) is 30.9. The van der Waals surface area contributed by atoms with Crippen LogP contribution >= 0.6 is 0 Å². The number of nitrogens with zero attached hydrogens (tertiary/aromatic N) is 1. The number of rotatable bonds is 4. The highest BCUT2D eigenvalue weighted by atomic mass is 16.3. The van der Waals surface area contributed by atoms with Gasteiger partial charge >= 0.3 is 0 Å². The van der Waals surface area contributed by atoms with Crippen LogP contribution in [0.5, 0.6) is 0 Å². The Morgan fingerprint density at radius 2 is 1.04 bits per heavy atom. The van der Waals surface area contributed by atoms with Gasteiger partial charge in [0.2, 0.25) is 0 Å². The normalized spacial score (nSPS) is 14.6. The smallest absolute Gasteiger partial charge is 0.159 e. The molecule has 0 amide bonds. The highest BCUT2D eigenvalue weighted by molar-refractivity contribution is 6.13. The van der Waals surface area contributed by atoms with Crippen molar-refractivity contribution in [2.75, 3.05) is 4.90 Å². The lowest BCUT2D eigenvalue weighted by atomic mass is 9.79. The van der Waals surface area contributed by atoms with Crippen molar-refractivity contribution in [1.82, 2.24) is 0 Å². The van der Waals surface area contributed by atoms with E-state index in [1.807, 2.05) is 0 Å².